The van der Waals surface area contributed by atoms with Crippen LogP contribution in [-0.2, 0) is 0 Å². The number of anilines is 1. The zero-order chi connectivity index (χ0) is 14.7. The minimum absolute atomic E-state index is 0.0137. The van der Waals surface area contributed by atoms with Gasteiger partial charge in [-0.1, -0.05) is 54.1 Å². The van der Waals surface area contributed by atoms with Gasteiger partial charge in [-0.3, -0.25) is 0 Å². The molecule has 0 saturated carbocycles. The monoisotopic (exact) mass is 294 g/mol. The van der Waals surface area contributed by atoms with Crippen molar-refractivity contribution in [3.05, 3.63) is 70.8 Å². The fraction of sp³-hybridized carbons (Fsp3) is 0.167. The van der Waals surface area contributed by atoms with Gasteiger partial charge in [-0.05, 0) is 29.3 Å². The number of nitriles is 1. The molecule has 0 aliphatic carbocycles. The molecule has 0 fully saturated rings. The molecule has 0 amide bonds. The van der Waals surface area contributed by atoms with Gasteiger partial charge in [0.05, 0.1) is 18.5 Å². The van der Waals surface area contributed by atoms with Crippen LogP contribution in [0.3, 0.4) is 0 Å². The number of para-hydroxylation sites is 1. The van der Waals surface area contributed by atoms with E-state index in [1.54, 1.807) is 0 Å². The van der Waals surface area contributed by atoms with Gasteiger partial charge in [-0.2, -0.15) is 5.26 Å². The Labute approximate surface area is 129 Å². The minimum atomic E-state index is 0.0137. The number of hydrogen-bond acceptors (Lipinski definition) is 2. The van der Waals surface area contributed by atoms with E-state index in [2.05, 4.69) is 35.3 Å². The SMILES string of the molecule is N#CCC(c1cccc(Cl)c1)N1CC=Cc2ccccc21. The standard InChI is InChI=1S/C18H15ClN2/c19-16-8-3-6-15(13-16)18(10-11-20)21-12-4-7-14-5-1-2-9-17(14)21/h1-9,13,18H,10,12H2. The summed E-state index contributed by atoms with van der Waals surface area (Å²) in [5, 5.41) is 9.92. The molecule has 1 aliphatic heterocycles. The average Bonchev–Trinajstić information content (AvgIpc) is 2.52. The molecule has 3 rings (SSSR count). The summed E-state index contributed by atoms with van der Waals surface area (Å²) in [6.07, 6.45) is 4.70. The number of halogens is 1. The van der Waals surface area contributed by atoms with E-state index in [-0.39, 0.29) is 6.04 Å². The lowest BCUT2D eigenvalue weighted by Gasteiger charge is -2.35. The van der Waals surface area contributed by atoms with Crippen molar-refractivity contribution in [2.24, 2.45) is 0 Å². The Morgan fingerprint density at radius 1 is 1.19 bits per heavy atom. The first-order chi connectivity index (χ1) is 10.3. The highest BCUT2D eigenvalue weighted by molar-refractivity contribution is 6.30. The van der Waals surface area contributed by atoms with E-state index in [0.29, 0.717) is 11.4 Å². The molecule has 1 atom stereocenters. The molecule has 2 nitrogen and oxygen atoms in total. The van der Waals surface area contributed by atoms with E-state index in [1.807, 2.05) is 36.4 Å². The quantitative estimate of drug-likeness (QED) is 0.811. The Bertz CT molecular complexity index is 715. The molecule has 2 aromatic rings. The second-order valence-electron chi connectivity index (χ2n) is 5.05. The molecular weight excluding hydrogens is 280 g/mol. The van der Waals surface area contributed by atoms with Crippen molar-refractivity contribution in [1.29, 1.82) is 5.26 Å². The van der Waals surface area contributed by atoms with Gasteiger partial charge in [0, 0.05) is 17.3 Å². The molecule has 0 saturated heterocycles. The lowest BCUT2D eigenvalue weighted by atomic mass is 9.98. The Kier molecular flexibility index (Phi) is 3.94. The van der Waals surface area contributed by atoms with Gasteiger partial charge in [0.2, 0.25) is 0 Å². The first-order valence-electron chi connectivity index (χ1n) is 6.94. The van der Waals surface area contributed by atoms with Crippen molar-refractivity contribution in [1.82, 2.24) is 0 Å². The van der Waals surface area contributed by atoms with Crippen LogP contribution in [0.2, 0.25) is 5.02 Å². The molecule has 0 radical (unpaired) electrons. The van der Waals surface area contributed by atoms with E-state index in [9.17, 15) is 5.26 Å². The molecule has 0 spiro atoms. The molecule has 0 bridgehead atoms. The maximum atomic E-state index is 9.22. The highest BCUT2D eigenvalue weighted by Gasteiger charge is 2.23. The fourth-order valence-electron chi connectivity index (χ4n) is 2.79. The van der Waals surface area contributed by atoms with Gasteiger partial charge in [0.1, 0.15) is 0 Å². The van der Waals surface area contributed by atoms with Crippen LogP contribution in [-0.4, -0.2) is 6.54 Å². The van der Waals surface area contributed by atoms with Gasteiger partial charge < -0.3 is 4.90 Å². The largest absolute Gasteiger partial charge is 0.359 e. The Hall–Kier alpha value is -2.24. The molecule has 2 aromatic carbocycles. The van der Waals surface area contributed by atoms with Crippen LogP contribution in [0.1, 0.15) is 23.6 Å². The Morgan fingerprint density at radius 3 is 2.86 bits per heavy atom. The Morgan fingerprint density at radius 2 is 2.05 bits per heavy atom. The third-order valence-electron chi connectivity index (χ3n) is 3.74. The smallest absolute Gasteiger partial charge is 0.0676 e. The van der Waals surface area contributed by atoms with Crippen LogP contribution in [0.25, 0.3) is 6.08 Å². The highest BCUT2D eigenvalue weighted by atomic mass is 35.5. The molecule has 21 heavy (non-hydrogen) atoms. The van der Waals surface area contributed by atoms with Crippen molar-refractivity contribution in [3.63, 3.8) is 0 Å². The zero-order valence-corrected chi connectivity index (χ0v) is 12.3. The van der Waals surface area contributed by atoms with Crippen molar-refractivity contribution in [3.8, 4) is 6.07 Å². The second-order valence-corrected chi connectivity index (χ2v) is 5.48. The van der Waals surface area contributed by atoms with Gasteiger partial charge in [-0.25, -0.2) is 0 Å². The molecule has 0 N–H and O–H groups in total. The van der Waals surface area contributed by atoms with Gasteiger partial charge in [0.25, 0.3) is 0 Å². The van der Waals surface area contributed by atoms with Crippen molar-refractivity contribution >= 4 is 23.4 Å². The van der Waals surface area contributed by atoms with Crippen LogP contribution in [0.4, 0.5) is 5.69 Å². The average molecular weight is 295 g/mol. The molecule has 1 unspecified atom stereocenters. The second kappa shape index (κ2) is 6.03. The van der Waals surface area contributed by atoms with Crippen LogP contribution in [0.5, 0.6) is 0 Å². The first-order valence-corrected chi connectivity index (χ1v) is 7.32. The van der Waals surface area contributed by atoms with Crippen molar-refractivity contribution in [2.45, 2.75) is 12.5 Å². The number of hydrogen-bond donors (Lipinski definition) is 0. The van der Waals surface area contributed by atoms with Crippen LogP contribution >= 0.6 is 11.6 Å². The van der Waals surface area contributed by atoms with E-state index < -0.39 is 0 Å². The van der Waals surface area contributed by atoms with Gasteiger partial charge >= 0.3 is 0 Å². The first kappa shape index (κ1) is 13.7. The maximum absolute atomic E-state index is 9.22. The summed E-state index contributed by atoms with van der Waals surface area (Å²) >= 11 is 6.11. The fourth-order valence-corrected chi connectivity index (χ4v) is 2.98. The molecule has 104 valence electrons. The molecule has 1 aliphatic rings. The summed E-state index contributed by atoms with van der Waals surface area (Å²) in [7, 11) is 0. The molecule has 3 heteroatoms. The number of benzene rings is 2. The summed E-state index contributed by atoms with van der Waals surface area (Å²) in [6, 6.07) is 18.4. The van der Waals surface area contributed by atoms with Crippen molar-refractivity contribution < 1.29 is 0 Å². The minimum Gasteiger partial charge on any atom is -0.359 e. The Balaban J connectivity index is 2.03. The highest BCUT2D eigenvalue weighted by Crippen LogP contribution is 2.35. The van der Waals surface area contributed by atoms with Gasteiger partial charge in [0.15, 0.2) is 0 Å². The third-order valence-corrected chi connectivity index (χ3v) is 3.98. The van der Waals surface area contributed by atoms with Crippen LogP contribution in [0, 0.1) is 11.3 Å². The maximum Gasteiger partial charge on any atom is 0.0676 e. The summed E-state index contributed by atoms with van der Waals surface area (Å²) in [4.78, 5) is 2.27. The summed E-state index contributed by atoms with van der Waals surface area (Å²) in [6.45, 7) is 0.801. The van der Waals surface area contributed by atoms with E-state index in [0.717, 1.165) is 12.1 Å². The summed E-state index contributed by atoms with van der Waals surface area (Å²) in [5.41, 5.74) is 3.43. The lowest BCUT2D eigenvalue weighted by Crippen LogP contribution is -2.30. The lowest BCUT2D eigenvalue weighted by molar-refractivity contribution is 0.660. The van der Waals surface area contributed by atoms with Crippen molar-refractivity contribution in [2.75, 3.05) is 11.4 Å². The van der Waals surface area contributed by atoms with Crippen LogP contribution < -0.4 is 4.90 Å². The molecule has 0 aromatic heterocycles. The number of fused-ring (bicyclic) bond motifs is 1. The zero-order valence-electron chi connectivity index (χ0n) is 11.5. The van der Waals surface area contributed by atoms with Gasteiger partial charge in [-0.15, -0.1) is 0 Å². The molecular formula is C18H15ClN2. The van der Waals surface area contributed by atoms with E-state index >= 15 is 0 Å². The van der Waals surface area contributed by atoms with E-state index in [1.165, 1.54) is 11.3 Å². The topological polar surface area (TPSA) is 27.0 Å². The predicted octanol–water partition coefficient (Wildman–Crippen LogP) is 4.83. The number of rotatable bonds is 3. The van der Waals surface area contributed by atoms with Crippen LogP contribution in [0.15, 0.2) is 54.6 Å². The predicted molar refractivity (Wildman–Crippen MR) is 87.2 cm³/mol. The summed E-state index contributed by atoms with van der Waals surface area (Å²) < 4.78 is 0. The summed E-state index contributed by atoms with van der Waals surface area (Å²) in [5.74, 6) is 0. The normalized spacial score (nSPS) is 14.4. The van der Waals surface area contributed by atoms with E-state index in [4.69, 9.17) is 11.6 Å². The number of nitrogens with zero attached hydrogens (tertiary/aromatic N) is 2. The third kappa shape index (κ3) is 2.79. The molecule has 1 heterocycles.